The van der Waals surface area contributed by atoms with Crippen LogP contribution in [0.1, 0.15) is 44.4 Å². The molecule has 0 aliphatic carbocycles. The maximum atomic E-state index is 11.9. The first-order valence-corrected chi connectivity index (χ1v) is 6.49. The van der Waals surface area contributed by atoms with Crippen molar-refractivity contribution >= 4 is 5.97 Å². The summed E-state index contributed by atoms with van der Waals surface area (Å²) in [4.78, 5) is 11.9. The molecule has 18 heavy (non-hydrogen) atoms. The van der Waals surface area contributed by atoms with Crippen LogP contribution in [0.15, 0.2) is 24.3 Å². The number of hydrogen-bond acceptors (Lipinski definition) is 3. The van der Waals surface area contributed by atoms with Crippen molar-refractivity contribution in [1.82, 2.24) is 5.32 Å². The van der Waals surface area contributed by atoms with Crippen LogP contribution < -0.4 is 5.32 Å². The molecule has 1 heterocycles. The quantitative estimate of drug-likeness (QED) is 0.816. The highest BCUT2D eigenvalue weighted by Gasteiger charge is 2.24. The fourth-order valence-corrected chi connectivity index (χ4v) is 2.32. The highest BCUT2D eigenvalue weighted by atomic mass is 16.6. The van der Waals surface area contributed by atoms with E-state index in [-0.39, 0.29) is 12.0 Å². The van der Waals surface area contributed by atoms with Crippen molar-refractivity contribution in [2.24, 2.45) is 0 Å². The summed E-state index contributed by atoms with van der Waals surface area (Å²) in [5.41, 5.74) is 2.16. The molecule has 0 spiro atoms. The van der Waals surface area contributed by atoms with E-state index in [9.17, 15) is 4.79 Å². The third kappa shape index (κ3) is 3.33. The lowest BCUT2D eigenvalue weighted by Crippen LogP contribution is -2.33. The monoisotopic (exact) mass is 247 g/mol. The number of benzene rings is 1. The molecule has 0 fully saturated rings. The van der Waals surface area contributed by atoms with E-state index >= 15 is 0 Å². The minimum absolute atomic E-state index is 0.0878. The van der Waals surface area contributed by atoms with Crippen molar-refractivity contribution in [3.05, 3.63) is 35.4 Å². The number of nitrogens with one attached hydrogen (secondary N) is 1. The standard InChI is InChI=1S/C15H21NO2/c1-15(2,3)18-14(17)10-13-12-7-5-4-6-11(12)8-9-16-13/h4-7,13,16H,8-10H2,1-3H3. The summed E-state index contributed by atoms with van der Waals surface area (Å²) in [6, 6.07) is 8.39. The van der Waals surface area contributed by atoms with E-state index in [0.29, 0.717) is 6.42 Å². The van der Waals surface area contributed by atoms with Crippen LogP contribution in [-0.2, 0) is 16.0 Å². The first-order valence-electron chi connectivity index (χ1n) is 6.49. The van der Waals surface area contributed by atoms with Gasteiger partial charge in [0.1, 0.15) is 5.60 Å². The largest absolute Gasteiger partial charge is 0.460 e. The molecule has 1 N–H and O–H groups in total. The molecule has 0 aromatic heterocycles. The summed E-state index contributed by atoms with van der Waals surface area (Å²) >= 11 is 0. The third-order valence-electron chi connectivity index (χ3n) is 3.01. The van der Waals surface area contributed by atoms with Gasteiger partial charge in [0.25, 0.3) is 0 Å². The maximum Gasteiger partial charge on any atom is 0.308 e. The zero-order chi connectivity index (χ0) is 13.2. The molecule has 3 nitrogen and oxygen atoms in total. The summed E-state index contributed by atoms with van der Waals surface area (Å²) in [6.07, 6.45) is 1.43. The number of hydrogen-bond donors (Lipinski definition) is 1. The molecule has 1 aromatic rings. The van der Waals surface area contributed by atoms with Crippen LogP contribution >= 0.6 is 0 Å². The molecule has 0 amide bonds. The Hall–Kier alpha value is -1.35. The smallest absolute Gasteiger partial charge is 0.308 e. The molecule has 0 radical (unpaired) electrons. The molecule has 1 aliphatic heterocycles. The lowest BCUT2D eigenvalue weighted by molar-refractivity contribution is -0.155. The molecule has 1 aromatic carbocycles. The van der Waals surface area contributed by atoms with Crippen LogP contribution in [0.4, 0.5) is 0 Å². The van der Waals surface area contributed by atoms with Crippen molar-refractivity contribution in [3.8, 4) is 0 Å². The second kappa shape index (κ2) is 5.11. The van der Waals surface area contributed by atoms with E-state index < -0.39 is 5.60 Å². The first kappa shape index (κ1) is 13.1. The molecule has 0 bridgehead atoms. The summed E-state index contributed by atoms with van der Waals surface area (Å²) in [5.74, 6) is -0.142. The fraction of sp³-hybridized carbons (Fsp3) is 0.533. The lowest BCUT2D eigenvalue weighted by atomic mass is 9.92. The van der Waals surface area contributed by atoms with Gasteiger partial charge >= 0.3 is 5.97 Å². The Labute approximate surface area is 109 Å². The lowest BCUT2D eigenvalue weighted by Gasteiger charge is -2.27. The Balaban J connectivity index is 2.05. The van der Waals surface area contributed by atoms with Gasteiger partial charge in [0.2, 0.25) is 0 Å². The molecule has 3 heteroatoms. The fourth-order valence-electron chi connectivity index (χ4n) is 2.32. The SMILES string of the molecule is CC(C)(C)OC(=O)CC1NCCc2ccccc21. The second-order valence-corrected chi connectivity index (χ2v) is 5.75. The van der Waals surface area contributed by atoms with E-state index in [2.05, 4.69) is 23.5 Å². The summed E-state index contributed by atoms with van der Waals surface area (Å²) < 4.78 is 5.38. The Bertz CT molecular complexity index is 434. The van der Waals surface area contributed by atoms with Crippen LogP contribution in [0.3, 0.4) is 0 Å². The van der Waals surface area contributed by atoms with Crippen LogP contribution in [-0.4, -0.2) is 18.1 Å². The maximum absolute atomic E-state index is 11.9. The van der Waals surface area contributed by atoms with Gasteiger partial charge in [-0.25, -0.2) is 0 Å². The normalized spacial score (nSPS) is 19.2. The van der Waals surface area contributed by atoms with Gasteiger partial charge in [0.05, 0.1) is 6.42 Å². The zero-order valence-corrected chi connectivity index (χ0v) is 11.3. The number of rotatable bonds is 2. The Kier molecular flexibility index (Phi) is 3.71. The molecule has 1 unspecified atom stereocenters. The highest BCUT2D eigenvalue weighted by molar-refractivity contribution is 5.71. The van der Waals surface area contributed by atoms with Gasteiger partial charge in [-0.15, -0.1) is 0 Å². The number of fused-ring (bicyclic) bond motifs is 1. The van der Waals surface area contributed by atoms with Crippen LogP contribution in [0.5, 0.6) is 0 Å². The second-order valence-electron chi connectivity index (χ2n) is 5.75. The average molecular weight is 247 g/mol. The average Bonchev–Trinajstić information content (AvgIpc) is 2.27. The van der Waals surface area contributed by atoms with Crippen molar-refractivity contribution in [2.45, 2.75) is 45.3 Å². The minimum Gasteiger partial charge on any atom is -0.460 e. The topological polar surface area (TPSA) is 38.3 Å². The van der Waals surface area contributed by atoms with Crippen molar-refractivity contribution in [3.63, 3.8) is 0 Å². The van der Waals surface area contributed by atoms with Gasteiger partial charge in [-0.1, -0.05) is 24.3 Å². The molecule has 1 atom stereocenters. The molecular formula is C15H21NO2. The van der Waals surface area contributed by atoms with Gasteiger partial charge in [-0.2, -0.15) is 0 Å². The van der Waals surface area contributed by atoms with Gasteiger partial charge in [-0.3, -0.25) is 4.79 Å². The molecular weight excluding hydrogens is 226 g/mol. The van der Waals surface area contributed by atoms with Crippen LogP contribution in [0.25, 0.3) is 0 Å². The van der Waals surface area contributed by atoms with Gasteiger partial charge in [0, 0.05) is 6.04 Å². The highest BCUT2D eigenvalue weighted by Crippen LogP contribution is 2.26. The number of esters is 1. The first-order chi connectivity index (χ1) is 8.46. The van der Waals surface area contributed by atoms with Gasteiger partial charge < -0.3 is 10.1 Å². The summed E-state index contributed by atoms with van der Waals surface area (Å²) in [7, 11) is 0. The third-order valence-corrected chi connectivity index (χ3v) is 3.01. The van der Waals surface area contributed by atoms with Crippen LogP contribution in [0.2, 0.25) is 0 Å². The van der Waals surface area contributed by atoms with Crippen molar-refractivity contribution < 1.29 is 9.53 Å². The predicted octanol–water partition coefficient (Wildman–Crippen LogP) is 2.61. The van der Waals surface area contributed by atoms with E-state index in [0.717, 1.165) is 13.0 Å². The molecule has 0 saturated heterocycles. The van der Waals surface area contributed by atoms with Gasteiger partial charge in [0.15, 0.2) is 0 Å². The molecule has 98 valence electrons. The van der Waals surface area contributed by atoms with E-state index in [1.54, 1.807) is 0 Å². The zero-order valence-electron chi connectivity index (χ0n) is 11.3. The van der Waals surface area contributed by atoms with Gasteiger partial charge in [-0.05, 0) is 44.9 Å². The Morgan fingerprint density at radius 1 is 1.39 bits per heavy atom. The minimum atomic E-state index is -0.411. The molecule has 2 rings (SSSR count). The Morgan fingerprint density at radius 2 is 2.11 bits per heavy atom. The molecule has 1 aliphatic rings. The summed E-state index contributed by atoms with van der Waals surface area (Å²) in [6.45, 7) is 6.61. The predicted molar refractivity (Wildman–Crippen MR) is 71.4 cm³/mol. The molecule has 0 saturated carbocycles. The van der Waals surface area contributed by atoms with E-state index in [1.807, 2.05) is 26.8 Å². The Morgan fingerprint density at radius 3 is 2.83 bits per heavy atom. The number of carbonyl (C=O) groups is 1. The van der Waals surface area contributed by atoms with E-state index in [4.69, 9.17) is 4.74 Å². The number of carbonyl (C=O) groups excluding carboxylic acids is 1. The van der Waals surface area contributed by atoms with Crippen molar-refractivity contribution in [1.29, 1.82) is 0 Å². The van der Waals surface area contributed by atoms with E-state index in [1.165, 1.54) is 11.1 Å². The number of ether oxygens (including phenoxy) is 1. The summed E-state index contributed by atoms with van der Waals surface area (Å²) in [5, 5.41) is 3.39. The van der Waals surface area contributed by atoms with Crippen molar-refractivity contribution in [2.75, 3.05) is 6.54 Å². The van der Waals surface area contributed by atoms with Crippen LogP contribution in [0, 0.1) is 0 Å².